The minimum absolute atomic E-state index is 0.0680. The molecule has 2 rings (SSSR count). The number of phenolic OH excluding ortho intramolecular Hbond substituents is 1. The standard InChI is InChI=1S/C16H22N2O4/c1-2-11-5-3-4-8-18(11)15(20)10-22-16(21)13-9-12(19)6-7-14(13)17/h6-7,9,11,19H,2-5,8,10,17H2,1H3. The first-order valence-electron chi connectivity index (χ1n) is 7.58. The van der Waals surface area contributed by atoms with Gasteiger partial charge in [-0.1, -0.05) is 6.92 Å². The maximum atomic E-state index is 12.2. The second-order valence-electron chi connectivity index (χ2n) is 5.49. The van der Waals surface area contributed by atoms with E-state index in [1.54, 1.807) is 4.90 Å². The molecule has 6 nitrogen and oxygen atoms in total. The summed E-state index contributed by atoms with van der Waals surface area (Å²) in [5.74, 6) is -0.958. The lowest BCUT2D eigenvalue weighted by Gasteiger charge is -2.35. The normalized spacial score (nSPS) is 18.0. The Balaban J connectivity index is 1.95. The average Bonchev–Trinajstić information content (AvgIpc) is 2.54. The number of hydrogen-bond donors (Lipinski definition) is 2. The first kappa shape index (κ1) is 16.1. The minimum Gasteiger partial charge on any atom is -0.508 e. The number of benzene rings is 1. The van der Waals surface area contributed by atoms with Gasteiger partial charge in [0.2, 0.25) is 0 Å². The first-order chi connectivity index (χ1) is 10.5. The van der Waals surface area contributed by atoms with E-state index in [1.807, 2.05) is 0 Å². The molecule has 0 spiro atoms. The average molecular weight is 306 g/mol. The molecule has 1 amide bonds. The molecule has 0 saturated carbocycles. The Hall–Kier alpha value is -2.24. The molecule has 1 unspecified atom stereocenters. The van der Waals surface area contributed by atoms with Crippen molar-refractivity contribution in [2.75, 3.05) is 18.9 Å². The minimum atomic E-state index is -0.702. The number of rotatable bonds is 4. The van der Waals surface area contributed by atoms with E-state index in [4.69, 9.17) is 10.5 Å². The summed E-state index contributed by atoms with van der Waals surface area (Å²) in [4.78, 5) is 26.0. The smallest absolute Gasteiger partial charge is 0.340 e. The highest BCUT2D eigenvalue weighted by molar-refractivity contribution is 5.96. The number of anilines is 1. The second-order valence-corrected chi connectivity index (χ2v) is 5.49. The van der Waals surface area contributed by atoms with Gasteiger partial charge in [-0.05, 0) is 43.9 Å². The third-order valence-electron chi connectivity index (χ3n) is 4.00. The molecule has 0 aliphatic carbocycles. The highest BCUT2D eigenvalue weighted by Gasteiger charge is 2.26. The Morgan fingerprint density at radius 1 is 1.41 bits per heavy atom. The summed E-state index contributed by atoms with van der Waals surface area (Å²) in [6.07, 6.45) is 4.01. The molecule has 22 heavy (non-hydrogen) atoms. The first-order valence-corrected chi connectivity index (χ1v) is 7.58. The van der Waals surface area contributed by atoms with E-state index in [0.717, 1.165) is 25.7 Å². The summed E-state index contributed by atoms with van der Waals surface area (Å²) in [5.41, 5.74) is 5.95. The molecular formula is C16H22N2O4. The zero-order chi connectivity index (χ0) is 16.1. The van der Waals surface area contributed by atoms with Crippen LogP contribution < -0.4 is 5.73 Å². The molecule has 0 radical (unpaired) electrons. The molecule has 1 aromatic rings. The van der Waals surface area contributed by atoms with E-state index >= 15 is 0 Å². The largest absolute Gasteiger partial charge is 0.508 e. The van der Waals surface area contributed by atoms with Crippen molar-refractivity contribution in [3.05, 3.63) is 23.8 Å². The molecule has 1 heterocycles. The molecule has 0 aromatic heterocycles. The third-order valence-corrected chi connectivity index (χ3v) is 4.00. The van der Waals surface area contributed by atoms with Gasteiger partial charge in [0.1, 0.15) is 5.75 Å². The van der Waals surface area contributed by atoms with Crippen LogP contribution in [-0.4, -0.2) is 41.1 Å². The molecule has 120 valence electrons. The maximum absolute atomic E-state index is 12.2. The number of esters is 1. The molecule has 1 saturated heterocycles. The fraction of sp³-hybridized carbons (Fsp3) is 0.500. The number of nitrogens with zero attached hydrogens (tertiary/aromatic N) is 1. The summed E-state index contributed by atoms with van der Waals surface area (Å²) < 4.78 is 5.05. The molecule has 1 fully saturated rings. The van der Waals surface area contributed by atoms with E-state index in [0.29, 0.717) is 6.54 Å². The van der Waals surface area contributed by atoms with Gasteiger partial charge in [0, 0.05) is 18.3 Å². The van der Waals surface area contributed by atoms with Crippen LogP contribution >= 0.6 is 0 Å². The van der Waals surface area contributed by atoms with Crippen molar-refractivity contribution in [2.24, 2.45) is 0 Å². The van der Waals surface area contributed by atoms with E-state index < -0.39 is 5.97 Å². The molecule has 1 aromatic carbocycles. The third kappa shape index (κ3) is 3.69. The van der Waals surface area contributed by atoms with Crippen LogP contribution in [-0.2, 0) is 9.53 Å². The lowest BCUT2D eigenvalue weighted by Crippen LogP contribution is -2.45. The molecule has 1 atom stereocenters. The highest BCUT2D eigenvalue weighted by Crippen LogP contribution is 2.21. The van der Waals surface area contributed by atoms with Gasteiger partial charge in [0.15, 0.2) is 6.61 Å². The molecular weight excluding hydrogens is 284 g/mol. The fourth-order valence-corrected chi connectivity index (χ4v) is 2.76. The number of carbonyl (C=O) groups excluding carboxylic acids is 2. The number of phenols is 1. The van der Waals surface area contributed by atoms with Crippen molar-refractivity contribution in [2.45, 2.75) is 38.6 Å². The number of piperidine rings is 1. The van der Waals surface area contributed by atoms with Crippen molar-refractivity contribution in [3.8, 4) is 5.75 Å². The number of nitrogens with two attached hydrogens (primary N) is 1. The molecule has 3 N–H and O–H groups in total. The van der Waals surface area contributed by atoms with Crippen molar-refractivity contribution in [3.63, 3.8) is 0 Å². The number of carbonyl (C=O) groups is 2. The topological polar surface area (TPSA) is 92.9 Å². The Bertz CT molecular complexity index is 559. The van der Waals surface area contributed by atoms with Gasteiger partial charge in [-0.15, -0.1) is 0 Å². The van der Waals surface area contributed by atoms with Crippen LogP contribution in [0.3, 0.4) is 0 Å². The summed E-state index contributed by atoms with van der Waals surface area (Å²) in [7, 11) is 0. The Morgan fingerprint density at radius 3 is 2.91 bits per heavy atom. The maximum Gasteiger partial charge on any atom is 0.340 e. The highest BCUT2D eigenvalue weighted by atomic mass is 16.5. The predicted octanol–water partition coefficient (Wildman–Crippen LogP) is 1.92. The van der Waals surface area contributed by atoms with Crippen molar-refractivity contribution in [1.29, 1.82) is 0 Å². The summed E-state index contributed by atoms with van der Waals surface area (Å²) in [6.45, 7) is 2.46. The van der Waals surface area contributed by atoms with E-state index in [1.165, 1.54) is 18.2 Å². The van der Waals surface area contributed by atoms with Gasteiger partial charge in [-0.25, -0.2) is 4.79 Å². The summed E-state index contributed by atoms with van der Waals surface area (Å²) >= 11 is 0. The van der Waals surface area contributed by atoms with Gasteiger partial charge in [-0.3, -0.25) is 4.79 Å². The van der Waals surface area contributed by atoms with Crippen molar-refractivity contribution < 1.29 is 19.4 Å². The van der Waals surface area contributed by atoms with Crippen LogP contribution in [0, 0.1) is 0 Å². The molecule has 1 aliphatic rings. The quantitative estimate of drug-likeness (QED) is 0.503. The lowest BCUT2D eigenvalue weighted by molar-refractivity contribution is -0.138. The Kier molecular flexibility index (Phi) is 5.25. The molecule has 0 bridgehead atoms. The van der Waals surface area contributed by atoms with Gasteiger partial charge in [0.05, 0.1) is 5.56 Å². The number of amides is 1. The van der Waals surface area contributed by atoms with Gasteiger partial charge >= 0.3 is 5.97 Å². The number of aromatic hydroxyl groups is 1. The SMILES string of the molecule is CCC1CCCCN1C(=O)COC(=O)c1cc(O)ccc1N. The van der Waals surface area contributed by atoms with Crippen molar-refractivity contribution in [1.82, 2.24) is 4.90 Å². The van der Waals surface area contributed by atoms with Crippen LogP contribution in [0.1, 0.15) is 43.0 Å². The predicted molar refractivity (Wildman–Crippen MR) is 82.4 cm³/mol. The van der Waals surface area contributed by atoms with Crippen LogP contribution in [0.15, 0.2) is 18.2 Å². The van der Waals surface area contributed by atoms with Crippen LogP contribution in [0.2, 0.25) is 0 Å². The summed E-state index contributed by atoms with van der Waals surface area (Å²) in [6, 6.07) is 4.27. The zero-order valence-electron chi connectivity index (χ0n) is 12.7. The van der Waals surface area contributed by atoms with Gasteiger partial charge in [-0.2, -0.15) is 0 Å². The molecule has 6 heteroatoms. The molecule has 1 aliphatic heterocycles. The van der Waals surface area contributed by atoms with Crippen molar-refractivity contribution >= 4 is 17.6 Å². The van der Waals surface area contributed by atoms with Crippen LogP contribution in [0.4, 0.5) is 5.69 Å². The van der Waals surface area contributed by atoms with E-state index in [9.17, 15) is 14.7 Å². The van der Waals surface area contributed by atoms with E-state index in [2.05, 4.69) is 6.92 Å². The number of ether oxygens (including phenoxy) is 1. The van der Waals surface area contributed by atoms with Gasteiger partial charge < -0.3 is 20.5 Å². The van der Waals surface area contributed by atoms with Crippen LogP contribution in [0.5, 0.6) is 5.75 Å². The zero-order valence-corrected chi connectivity index (χ0v) is 12.7. The monoisotopic (exact) mass is 306 g/mol. The number of nitrogen functional groups attached to an aromatic ring is 1. The second kappa shape index (κ2) is 7.15. The summed E-state index contributed by atoms with van der Waals surface area (Å²) in [5, 5.41) is 9.40. The fourth-order valence-electron chi connectivity index (χ4n) is 2.76. The number of likely N-dealkylation sites (tertiary alicyclic amines) is 1. The number of hydrogen-bond acceptors (Lipinski definition) is 5. The Morgan fingerprint density at radius 2 is 2.18 bits per heavy atom. The van der Waals surface area contributed by atoms with Crippen LogP contribution in [0.25, 0.3) is 0 Å². The Labute approximate surface area is 129 Å². The van der Waals surface area contributed by atoms with Gasteiger partial charge in [0.25, 0.3) is 5.91 Å². The lowest BCUT2D eigenvalue weighted by atomic mass is 10.00. The van der Waals surface area contributed by atoms with E-state index in [-0.39, 0.29) is 35.6 Å².